The third-order valence-corrected chi connectivity index (χ3v) is 6.16. The predicted octanol–water partition coefficient (Wildman–Crippen LogP) is 5.93. The molecule has 0 unspecified atom stereocenters. The number of hydrogen-bond donors (Lipinski definition) is 2. The second-order valence-corrected chi connectivity index (χ2v) is 8.16. The van der Waals surface area contributed by atoms with Gasteiger partial charge in [-0.15, -0.1) is 0 Å². The summed E-state index contributed by atoms with van der Waals surface area (Å²) in [5, 5.41) is 25.0. The number of nitro benzene ring substituents is 1. The van der Waals surface area contributed by atoms with Crippen molar-refractivity contribution in [3.05, 3.63) is 111 Å². The summed E-state index contributed by atoms with van der Waals surface area (Å²) in [6.45, 7) is 0. The number of rotatable bonds is 3. The second kappa shape index (κ2) is 7.79. The largest absolute Gasteiger partial charge is 0.359 e. The average molecular weight is 467 g/mol. The van der Waals surface area contributed by atoms with Gasteiger partial charge in [0.05, 0.1) is 33.6 Å². The molecule has 5 aromatic rings. The summed E-state index contributed by atoms with van der Waals surface area (Å²) >= 11 is 6.58. The van der Waals surface area contributed by atoms with Gasteiger partial charge in [-0.25, -0.2) is 4.99 Å². The van der Waals surface area contributed by atoms with Gasteiger partial charge in [0, 0.05) is 51.8 Å². The normalized spacial score (nSPS) is 13.1. The number of nitrogens with zero attached hydrogens (tertiary/aromatic N) is 4. The third-order valence-electron chi connectivity index (χ3n) is 5.83. The molecule has 0 radical (unpaired) electrons. The van der Waals surface area contributed by atoms with E-state index in [1.54, 1.807) is 30.9 Å². The molecule has 0 fully saturated rings. The lowest BCUT2D eigenvalue weighted by Gasteiger charge is -2.13. The number of halogens is 1. The van der Waals surface area contributed by atoms with Crippen LogP contribution >= 0.6 is 11.6 Å². The molecule has 164 valence electrons. The van der Waals surface area contributed by atoms with Crippen molar-refractivity contribution in [3.8, 4) is 0 Å². The van der Waals surface area contributed by atoms with Crippen molar-refractivity contribution in [1.82, 2.24) is 15.2 Å². The molecule has 0 saturated heterocycles. The summed E-state index contributed by atoms with van der Waals surface area (Å²) in [6.07, 6.45) is 6.91. The molecular formula is C25H15ClN6O2. The Hall–Kier alpha value is -4.56. The lowest BCUT2D eigenvalue weighted by Crippen LogP contribution is -2.07. The highest BCUT2D eigenvalue weighted by molar-refractivity contribution is 6.36. The predicted molar refractivity (Wildman–Crippen MR) is 133 cm³/mol. The molecule has 3 heterocycles. The van der Waals surface area contributed by atoms with E-state index in [1.807, 2.05) is 42.5 Å². The first kappa shape index (κ1) is 20.1. The molecule has 34 heavy (non-hydrogen) atoms. The minimum atomic E-state index is -0.432. The van der Waals surface area contributed by atoms with Crippen LogP contribution in [0.4, 0.5) is 11.4 Å². The van der Waals surface area contributed by atoms with Crippen molar-refractivity contribution in [1.29, 1.82) is 0 Å². The number of aromatic nitrogens is 3. The van der Waals surface area contributed by atoms with Crippen molar-refractivity contribution in [2.75, 3.05) is 5.32 Å². The molecule has 1 aliphatic heterocycles. The molecule has 0 saturated carbocycles. The van der Waals surface area contributed by atoms with Crippen LogP contribution in [-0.2, 0) is 0 Å². The maximum absolute atomic E-state index is 11.9. The van der Waals surface area contributed by atoms with E-state index < -0.39 is 4.92 Å². The van der Waals surface area contributed by atoms with E-state index in [-0.39, 0.29) is 5.69 Å². The standard InChI is InChI=1S/C25H15ClN6O2/c26-20-8-4-3-7-16(20)24-17-9-22(32(33)34)25-19(12-29-31-25)23(17)28-13-21(30-24)18-11-27-10-14-5-1-2-6-15(14)18/h1-13,28H,(H,29,31). The zero-order chi connectivity index (χ0) is 23.2. The Balaban J connectivity index is 1.68. The van der Waals surface area contributed by atoms with Gasteiger partial charge in [0.25, 0.3) is 5.69 Å². The van der Waals surface area contributed by atoms with Crippen molar-refractivity contribution in [2.24, 2.45) is 4.99 Å². The number of nitro groups is 1. The fourth-order valence-electron chi connectivity index (χ4n) is 4.25. The van der Waals surface area contributed by atoms with Crippen LogP contribution in [0.25, 0.3) is 27.4 Å². The Morgan fingerprint density at radius 1 is 0.912 bits per heavy atom. The zero-order valence-electron chi connectivity index (χ0n) is 17.5. The van der Waals surface area contributed by atoms with Gasteiger partial charge in [-0.2, -0.15) is 5.10 Å². The summed E-state index contributed by atoms with van der Waals surface area (Å²) in [5.74, 6) is 0. The third kappa shape index (κ3) is 3.12. The number of nitrogens with one attached hydrogen (secondary N) is 2. The highest BCUT2D eigenvalue weighted by atomic mass is 35.5. The smallest absolute Gasteiger partial charge is 0.295 e. The Morgan fingerprint density at radius 2 is 1.74 bits per heavy atom. The lowest BCUT2D eigenvalue weighted by molar-refractivity contribution is -0.383. The molecule has 8 nitrogen and oxygen atoms in total. The van der Waals surface area contributed by atoms with Crippen LogP contribution in [0.5, 0.6) is 0 Å². The van der Waals surface area contributed by atoms with Gasteiger partial charge in [-0.1, -0.05) is 54.1 Å². The molecule has 6 rings (SSSR count). The molecule has 2 N–H and O–H groups in total. The number of aliphatic imine (C=N–C) groups is 1. The van der Waals surface area contributed by atoms with Crippen LogP contribution in [-0.4, -0.2) is 25.8 Å². The maximum atomic E-state index is 11.9. The number of H-pyrrole nitrogens is 1. The van der Waals surface area contributed by atoms with Crippen molar-refractivity contribution in [3.63, 3.8) is 0 Å². The molecule has 0 bridgehead atoms. The summed E-state index contributed by atoms with van der Waals surface area (Å²) in [7, 11) is 0. The van der Waals surface area contributed by atoms with Crippen LogP contribution in [0.2, 0.25) is 5.02 Å². The van der Waals surface area contributed by atoms with Crippen LogP contribution in [0.3, 0.4) is 0 Å². The Kier molecular flexibility index (Phi) is 4.60. The van der Waals surface area contributed by atoms with Gasteiger partial charge >= 0.3 is 0 Å². The molecule has 1 aliphatic rings. The Morgan fingerprint density at radius 3 is 2.59 bits per heavy atom. The van der Waals surface area contributed by atoms with Crippen molar-refractivity contribution >= 4 is 56.1 Å². The number of hydrogen-bond acceptors (Lipinski definition) is 6. The summed E-state index contributed by atoms with van der Waals surface area (Å²) < 4.78 is 0. The van der Waals surface area contributed by atoms with E-state index in [0.29, 0.717) is 44.1 Å². The van der Waals surface area contributed by atoms with Crippen LogP contribution in [0.1, 0.15) is 16.7 Å². The summed E-state index contributed by atoms with van der Waals surface area (Å²) in [5.41, 5.74) is 4.04. The highest BCUT2D eigenvalue weighted by Crippen LogP contribution is 2.39. The van der Waals surface area contributed by atoms with Gasteiger partial charge in [-0.3, -0.25) is 20.2 Å². The SMILES string of the molecule is O=[N+]([O-])c1cc2c(c3cn[nH]c13)NC=C(c1cncc3ccccc13)N=C2c1ccccc1Cl. The van der Waals surface area contributed by atoms with Gasteiger partial charge in [-0.05, 0) is 11.5 Å². The quantitative estimate of drug-likeness (QED) is 0.253. The molecule has 2 aromatic heterocycles. The van der Waals surface area contributed by atoms with Crippen molar-refractivity contribution in [2.45, 2.75) is 0 Å². The topological polar surface area (TPSA) is 109 Å². The highest BCUT2D eigenvalue weighted by Gasteiger charge is 2.26. The number of fused-ring (bicyclic) bond motifs is 4. The van der Waals surface area contributed by atoms with E-state index in [9.17, 15) is 10.1 Å². The minimum Gasteiger partial charge on any atom is -0.359 e. The average Bonchev–Trinajstić information content (AvgIpc) is 3.26. The zero-order valence-corrected chi connectivity index (χ0v) is 18.2. The fraction of sp³-hybridized carbons (Fsp3) is 0. The second-order valence-electron chi connectivity index (χ2n) is 7.76. The van der Waals surface area contributed by atoms with Crippen LogP contribution in [0.15, 0.2) is 84.4 Å². The van der Waals surface area contributed by atoms with E-state index in [2.05, 4.69) is 20.5 Å². The molecule has 0 aliphatic carbocycles. The van der Waals surface area contributed by atoms with Gasteiger partial charge < -0.3 is 5.32 Å². The Labute approximate surface area is 197 Å². The first-order chi connectivity index (χ1) is 16.6. The van der Waals surface area contributed by atoms with E-state index in [1.165, 1.54) is 6.07 Å². The molecule has 0 spiro atoms. The fourth-order valence-corrected chi connectivity index (χ4v) is 4.48. The number of aromatic amines is 1. The monoisotopic (exact) mass is 466 g/mol. The molecule has 3 aromatic carbocycles. The van der Waals surface area contributed by atoms with Crippen LogP contribution < -0.4 is 5.32 Å². The Bertz CT molecular complexity index is 1680. The van der Waals surface area contributed by atoms with Gasteiger partial charge in [0.2, 0.25) is 0 Å². The first-order valence-corrected chi connectivity index (χ1v) is 10.8. The molecular weight excluding hydrogens is 452 g/mol. The number of benzene rings is 3. The van der Waals surface area contributed by atoms with Crippen molar-refractivity contribution < 1.29 is 4.92 Å². The lowest BCUT2D eigenvalue weighted by atomic mass is 9.97. The van der Waals surface area contributed by atoms with Gasteiger partial charge in [0.1, 0.15) is 5.52 Å². The summed E-state index contributed by atoms with van der Waals surface area (Å²) in [6, 6.07) is 16.7. The van der Waals surface area contributed by atoms with Crippen LogP contribution in [0, 0.1) is 10.1 Å². The van der Waals surface area contributed by atoms with Gasteiger partial charge in [0.15, 0.2) is 0 Å². The minimum absolute atomic E-state index is 0.0944. The molecule has 0 atom stereocenters. The number of pyridine rings is 1. The maximum Gasteiger partial charge on any atom is 0.295 e. The summed E-state index contributed by atoms with van der Waals surface area (Å²) in [4.78, 5) is 20.8. The number of anilines is 1. The van der Waals surface area contributed by atoms with E-state index in [0.717, 1.165) is 16.3 Å². The van der Waals surface area contributed by atoms with E-state index >= 15 is 0 Å². The van der Waals surface area contributed by atoms with E-state index in [4.69, 9.17) is 16.6 Å². The molecule has 0 amide bonds. The molecule has 9 heteroatoms. The first-order valence-electron chi connectivity index (χ1n) is 10.4. The number of non-ortho nitro benzene ring substituents is 1.